The monoisotopic (exact) mass is 177 g/mol. The van der Waals surface area contributed by atoms with E-state index < -0.39 is 0 Å². The minimum absolute atomic E-state index is 0.301. The standard InChI is InChI=1S/C10H8FNO/c11-8-1-2-10(12)9(5-8)7-3-4-13-6-7/h1-6H,12H2. The zero-order valence-corrected chi connectivity index (χ0v) is 6.83. The van der Waals surface area contributed by atoms with Gasteiger partial charge >= 0.3 is 0 Å². The maximum Gasteiger partial charge on any atom is 0.123 e. The Morgan fingerprint density at radius 1 is 1.23 bits per heavy atom. The van der Waals surface area contributed by atoms with E-state index in [0.717, 1.165) is 5.56 Å². The quantitative estimate of drug-likeness (QED) is 0.680. The van der Waals surface area contributed by atoms with Crippen LogP contribution in [0.25, 0.3) is 11.1 Å². The smallest absolute Gasteiger partial charge is 0.123 e. The van der Waals surface area contributed by atoms with E-state index in [1.807, 2.05) is 0 Å². The lowest BCUT2D eigenvalue weighted by Crippen LogP contribution is -1.89. The molecule has 0 unspecified atom stereocenters. The lowest BCUT2D eigenvalue weighted by atomic mass is 10.1. The average molecular weight is 177 g/mol. The molecule has 0 saturated carbocycles. The molecule has 2 aromatic rings. The van der Waals surface area contributed by atoms with Gasteiger partial charge in [-0.3, -0.25) is 0 Å². The molecule has 0 atom stereocenters. The summed E-state index contributed by atoms with van der Waals surface area (Å²) in [5, 5.41) is 0. The molecule has 2 N–H and O–H groups in total. The van der Waals surface area contributed by atoms with Crippen LogP contribution in [-0.4, -0.2) is 0 Å². The van der Waals surface area contributed by atoms with Gasteiger partial charge < -0.3 is 10.2 Å². The highest BCUT2D eigenvalue weighted by atomic mass is 19.1. The highest BCUT2D eigenvalue weighted by molar-refractivity contribution is 5.75. The Morgan fingerprint density at radius 2 is 2.08 bits per heavy atom. The second kappa shape index (κ2) is 2.94. The molecule has 0 spiro atoms. The summed E-state index contributed by atoms with van der Waals surface area (Å²) in [4.78, 5) is 0. The minimum atomic E-state index is -0.301. The van der Waals surface area contributed by atoms with Crippen LogP contribution < -0.4 is 5.73 Å². The predicted molar refractivity (Wildman–Crippen MR) is 48.5 cm³/mol. The summed E-state index contributed by atoms with van der Waals surface area (Å²) in [5.41, 5.74) is 7.67. The van der Waals surface area contributed by atoms with Crippen molar-refractivity contribution in [2.45, 2.75) is 0 Å². The number of furan rings is 1. The highest BCUT2D eigenvalue weighted by Gasteiger charge is 2.04. The fraction of sp³-hybridized carbons (Fsp3) is 0. The summed E-state index contributed by atoms with van der Waals surface area (Å²) >= 11 is 0. The Balaban J connectivity index is 2.57. The summed E-state index contributed by atoms with van der Waals surface area (Å²) in [6.45, 7) is 0. The van der Waals surface area contributed by atoms with Crippen molar-refractivity contribution in [1.82, 2.24) is 0 Å². The van der Waals surface area contributed by atoms with Crippen molar-refractivity contribution >= 4 is 5.69 Å². The number of anilines is 1. The third-order valence-electron chi connectivity index (χ3n) is 1.85. The maximum atomic E-state index is 12.9. The molecule has 1 aromatic heterocycles. The molecule has 13 heavy (non-hydrogen) atoms. The summed E-state index contributed by atoms with van der Waals surface area (Å²) in [6, 6.07) is 6.00. The van der Waals surface area contributed by atoms with Gasteiger partial charge in [0.15, 0.2) is 0 Å². The Labute approximate surface area is 74.8 Å². The zero-order chi connectivity index (χ0) is 9.26. The summed E-state index contributed by atoms with van der Waals surface area (Å²) in [7, 11) is 0. The van der Waals surface area contributed by atoms with Gasteiger partial charge in [0.1, 0.15) is 5.82 Å². The molecule has 0 saturated heterocycles. The van der Waals surface area contributed by atoms with E-state index in [2.05, 4.69) is 0 Å². The van der Waals surface area contributed by atoms with Crippen molar-refractivity contribution in [1.29, 1.82) is 0 Å². The topological polar surface area (TPSA) is 39.2 Å². The lowest BCUT2D eigenvalue weighted by molar-refractivity contribution is 0.568. The number of nitrogens with two attached hydrogens (primary N) is 1. The first kappa shape index (κ1) is 7.86. The third kappa shape index (κ3) is 1.40. The molecular weight excluding hydrogens is 169 g/mol. The second-order valence-electron chi connectivity index (χ2n) is 2.74. The Kier molecular flexibility index (Phi) is 1.77. The summed E-state index contributed by atoms with van der Waals surface area (Å²) < 4.78 is 17.7. The molecule has 3 heteroatoms. The van der Waals surface area contributed by atoms with E-state index in [1.165, 1.54) is 30.7 Å². The van der Waals surface area contributed by atoms with Crippen molar-refractivity contribution in [3.63, 3.8) is 0 Å². The van der Waals surface area contributed by atoms with Gasteiger partial charge in [0.2, 0.25) is 0 Å². The molecule has 2 nitrogen and oxygen atoms in total. The van der Waals surface area contributed by atoms with Gasteiger partial charge in [0, 0.05) is 16.8 Å². The zero-order valence-electron chi connectivity index (χ0n) is 6.83. The van der Waals surface area contributed by atoms with Crippen molar-refractivity contribution in [2.75, 3.05) is 5.73 Å². The van der Waals surface area contributed by atoms with E-state index in [1.54, 1.807) is 6.07 Å². The first-order valence-electron chi connectivity index (χ1n) is 3.85. The van der Waals surface area contributed by atoms with Gasteiger partial charge in [0.05, 0.1) is 12.5 Å². The molecule has 0 bridgehead atoms. The fourth-order valence-electron chi connectivity index (χ4n) is 1.20. The lowest BCUT2D eigenvalue weighted by Gasteiger charge is -2.01. The predicted octanol–water partition coefficient (Wildman–Crippen LogP) is 2.67. The molecule has 66 valence electrons. The second-order valence-corrected chi connectivity index (χ2v) is 2.74. The number of rotatable bonds is 1. The van der Waals surface area contributed by atoms with E-state index in [4.69, 9.17) is 10.2 Å². The minimum Gasteiger partial charge on any atom is -0.472 e. The van der Waals surface area contributed by atoms with E-state index in [0.29, 0.717) is 11.3 Å². The van der Waals surface area contributed by atoms with E-state index in [-0.39, 0.29) is 5.82 Å². The van der Waals surface area contributed by atoms with Crippen molar-refractivity contribution in [3.8, 4) is 11.1 Å². The Morgan fingerprint density at radius 3 is 2.77 bits per heavy atom. The van der Waals surface area contributed by atoms with Gasteiger partial charge in [-0.25, -0.2) is 4.39 Å². The third-order valence-corrected chi connectivity index (χ3v) is 1.85. The number of halogens is 1. The maximum absolute atomic E-state index is 12.9. The molecular formula is C10H8FNO. The largest absolute Gasteiger partial charge is 0.472 e. The SMILES string of the molecule is Nc1ccc(F)cc1-c1ccoc1. The normalized spacial score (nSPS) is 10.2. The van der Waals surface area contributed by atoms with Gasteiger partial charge in [0.25, 0.3) is 0 Å². The molecule has 0 fully saturated rings. The molecule has 0 aliphatic rings. The Bertz CT molecular complexity index is 409. The average Bonchev–Trinajstić information content (AvgIpc) is 2.61. The first-order chi connectivity index (χ1) is 6.27. The molecule has 2 rings (SSSR count). The van der Waals surface area contributed by atoms with E-state index in [9.17, 15) is 4.39 Å². The highest BCUT2D eigenvalue weighted by Crippen LogP contribution is 2.26. The van der Waals surface area contributed by atoms with Crippen LogP contribution in [0, 0.1) is 5.82 Å². The van der Waals surface area contributed by atoms with Gasteiger partial charge in [-0.05, 0) is 24.3 Å². The summed E-state index contributed by atoms with van der Waals surface area (Å²) in [5.74, 6) is -0.301. The van der Waals surface area contributed by atoms with E-state index >= 15 is 0 Å². The molecule has 0 aliphatic heterocycles. The van der Waals surface area contributed by atoms with Crippen LogP contribution >= 0.6 is 0 Å². The Hall–Kier alpha value is -1.77. The number of hydrogen-bond acceptors (Lipinski definition) is 2. The van der Waals surface area contributed by atoms with Crippen LogP contribution in [-0.2, 0) is 0 Å². The number of hydrogen-bond donors (Lipinski definition) is 1. The van der Waals surface area contributed by atoms with Crippen molar-refractivity contribution in [3.05, 3.63) is 42.6 Å². The van der Waals surface area contributed by atoms with Gasteiger partial charge in [-0.15, -0.1) is 0 Å². The fourth-order valence-corrected chi connectivity index (χ4v) is 1.20. The number of benzene rings is 1. The first-order valence-corrected chi connectivity index (χ1v) is 3.85. The molecule has 0 amide bonds. The van der Waals surface area contributed by atoms with Gasteiger partial charge in [-0.2, -0.15) is 0 Å². The van der Waals surface area contributed by atoms with Crippen LogP contribution in [0.4, 0.5) is 10.1 Å². The van der Waals surface area contributed by atoms with Gasteiger partial charge in [-0.1, -0.05) is 0 Å². The van der Waals surface area contributed by atoms with Crippen LogP contribution in [0.2, 0.25) is 0 Å². The van der Waals surface area contributed by atoms with Crippen LogP contribution in [0.5, 0.6) is 0 Å². The van der Waals surface area contributed by atoms with Crippen LogP contribution in [0.3, 0.4) is 0 Å². The van der Waals surface area contributed by atoms with Crippen LogP contribution in [0.15, 0.2) is 41.2 Å². The number of nitrogen functional groups attached to an aromatic ring is 1. The summed E-state index contributed by atoms with van der Waals surface area (Å²) in [6.07, 6.45) is 3.06. The van der Waals surface area contributed by atoms with Crippen molar-refractivity contribution in [2.24, 2.45) is 0 Å². The molecule has 0 aliphatic carbocycles. The van der Waals surface area contributed by atoms with Crippen molar-refractivity contribution < 1.29 is 8.81 Å². The van der Waals surface area contributed by atoms with Crippen LogP contribution in [0.1, 0.15) is 0 Å². The molecule has 1 heterocycles. The molecule has 0 radical (unpaired) electrons. The molecule has 1 aromatic carbocycles.